The van der Waals surface area contributed by atoms with Gasteiger partial charge in [0.25, 0.3) is 0 Å². The van der Waals surface area contributed by atoms with Crippen LogP contribution in [0.15, 0.2) is 170 Å². The number of phenolic OH excluding ortho intramolecular Hbond substituents is 1. The Morgan fingerprint density at radius 3 is 1.88 bits per heavy atom. The van der Waals surface area contributed by atoms with Crippen LogP contribution < -0.4 is 0 Å². The summed E-state index contributed by atoms with van der Waals surface area (Å²) >= 11 is 0. The molecule has 0 unspecified atom stereocenters. The number of hydrogen-bond acceptors (Lipinski definition) is 3. The van der Waals surface area contributed by atoms with Crippen LogP contribution in [0.5, 0.6) is 5.75 Å². The number of aryl methyl sites for hydroxylation is 2. The number of pyridine rings is 1. The zero-order chi connectivity index (χ0) is 40.0. The van der Waals surface area contributed by atoms with Gasteiger partial charge in [-0.1, -0.05) is 152 Å². The second-order valence-electron chi connectivity index (χ2n) is 14.9. The van der Waals surface area contributed by atoms with Crippen molar-refractivity contribution in [2.24, 2.45) is 0 Å². The van der Waals surface area contributed by atoms with Gasteiger partial charge in [0, 0.05) is 40.0 Å². The Labute approximate surface area is 356 Å². The number of fused-ring (bicyclic) bond motifs is 1. The maximum Gasteiger partial charge on any atom is 0.148 e. The summed E-state index contributed by atoms with van der Waals surface area (Å²) in [5, 5.41) is 11.7. The summed E-state index contributed by atoms with van der Waals surface area (Å²) in [6.45, 7) is 7.79. The van der Waals surface area contributed by atoms with Crippen LogP contribution in [0.3, 0.4) is 0 Å². The topological polar surface area (TPSA) is 50.9 Å². The molecule has 7 aromatic carbocycles. The standard InChI is InChI=1S/C53H42N3O.Pt/c1-34(2)41-27-43(39-19-12-7-13-20-39)32-46(31-41)56-50-22-14-21-47(51(50)55-53(56)48-26-35(3)25-36(4)52(48)57)44-28-42(38-17-10-6-11-18-38)29-45(30-44)49-33-40(23-24-54-49)37-15-8-5-9-16-37;/h5-29,31-34,57H,1-4H3;/q-1;/i34D;. The van der Waals surface area contributed by atoms with Gasteiger partial charge in [0.1, 0.15) is 11.6 Å². The van der Waals surface area contributed by atoms with Crippen molar-refractivity contribution in [1.29, 1.82) is 0 Å². The Balaban J connectivity index is 0.00000484. The van der Waals surface area contributed by atoms with Crippen LogP contribution in [0.4, 0.5) is 0 Å². The normalized spacial score (nSPS) is 11.6. The van der Waals surface area contributed by atoms with Gasteiger partial charge in [-0.05, 0) is 94.6 Å². The molecule has 0 amide bonds. The van der Waals surface area contributed by atoms with Gasteiger partial charge < -0.3 is 5.11 Å². The summed E-state index contributed by atoms with van der Waals surface area (Å²) in [4.78, 5) is 10.3. The van der Waals surface area contributed by atoms with Gasteiger partial charge >= 0.3 is 0 Å². The summed E-state index contributed by atoms with van der Waals surface area (Å²) in [6.07, 6.45) is 1.86. The fraction of sp³-hybridized carbons (Fsp3) is 0.0943. The molecule has 58 heavy (non-hydrogen) atoms. The summed E-state index contributed by atoms with van der Waals surface area (Å²) < 4.78 is 11.3. The third-order valence-corrected chi connectivity index (χ3v) is 10.6. The van der Waals surface area contributed by atoms with Crippen molar-refractivity contribution in [1.82, 2.24) is 14.5 Å². The zero-order valence-electron chi connectivity index (χ0n) is 33.8. The first-order valence-corrected chi connectivity index (χ1v) is 19.3. The Hall–Kier alpha value is -6.35. The molecule has 2 aromatic heterocycles. The van der Waals surface area contributed by atoms with Crippen LogP contribution in [-0.4, -0.2) is 19.6 Å². The molecule has 0 saturated carbocycles. The number of nitrogens with zero attached hydrogens (tertiary/aromatic N) is 3. The molecule has 0 fully saturated rings. The van der Waals surface area contributed by atoms with Crippen molar-refractivity contribution in [2.45, 2.75) is 33.6 Å². The molecule has 0 bridgehead atoms. The van der Waals surface area contributed by atoms with E-state index in [1.54, 1.807) is 0 Å². The van der Waals surface area contributed by atoms with Crippen molar-refractivity contribution in [2.75, 3.05) is 0 Å². The van der Waals surface area contributed by atoms with Crippen molar-refractivity contribution in [3.05, 3.63) is 193 Å². The number of aromatic hydroxyl groups is 1. The average Bonchev–Trinajstić information content (AvgIpc) is 3.65. The number of rotatable bonds is 8. The van der Waals surface area contributed by atoms with Crippen LogP contribution in [0, 0.1) is 19.9 Å². The molecule has 2 heterocycles. The predicted octanol–water partition coefficient (Wildman–Crippen LogP) is 13.7. The van der Waals surface area contributed by atoms with Gasteiger partial charge in [-0.2, -0.15) is 0 Å². The molecule has 4 nitrogen and oxygen atoms in total. The smallest absolute Gasteiger partial charge is 0.148 e. The Bertz CT molecular complexity index is 2950. The van der Waals surface area contributed by atoms with E-state index in [0.717, 1.165) is 89.2 Å². The molecular weight excluding hydrogens is 890 g/mol. The number of aromatic nitrogens is 3. The molecule has 0 spiro atoms. The van der Waals surface area contributed by atoms with Gasteiger partial charge in [0.15, 0.2) is 0 Å². The number of hydrogen-bond donors (Lipinski definition) is 1. The Kier molecular flexibility index (Phi) is 10.4. The number of para-hydroxylation sites is 1. The second-order valence-corrected chi connectivity index (χ2v) is 14.9. The zero-order valence-corrected chi connectivity index (χ0v) is 35.0. The largest absolute Gasteiger partial charge is 0.507 e. The quantitative estimate of drug-likeness (QED) is 0.154. The molecule has 286 valence electrons. The molecule has 9 rings (SSSR count). The van der Waals surface area contributed by atoms with Crippen LogP contribution in [0.2, 0.25) is 0 Å². The summed E-state index contributed by atoms with van der Waals surface area (Å²) in [7, 11) is 0. The molecule has 5 heteroatoms. The van der Waals surface area contributed by atoms with Crippen LogP contribution >= 0.6 is 0 Å². The van der Waals surface area contributed by atoms with Gasteiger partial charge in [0.05, 0.1) is 16.6 Å². The number of benzene rings is 7. The maximum atomic E-state index is 11.7. The summed E-state index contributed by atoms with van der Waals surface area (Å²) in [5.41, 5.74) is 15.7. The molecule has 0 aliphatic heterocycles. The Morgan fingerprint density at radius 1 is 0.603 bits per heavy atom. The minimum absolute atomic E-state index is 0. The summed E-state index contributed by atoms with van der Waals surface area (Å²) in [6, 6.07) is 59.9. The molecular formula is C53H42N3OPt-. The van der Waals surface area contributed by atoms with E-state index in [9.17, 15) is 5.11 Å². The minimum atomic E-state index is -0.877. The third-order valence-electron chi connectivity index (χ3n) is 10.6. The van der Waals surface area contributed by atoms with E-state index in [1.165, 1.54) is 0 Å². The molecule has 1 N–H and O–H groups in total. The Morgan fingerprint density at radius 2 is 1.22 bits per heavy atom. The fourth-order valence-electron chi connectivity index (χ4n) is 7.75. The van der Waals surface area contributed by atoms with E-state index >= 15 is 0 Å². The SMILES string of the molecule is [2H]C(C)(C)c1cc(-c2ccccc2)cc(-n2c(-c3cc(C)cc(C)c3O)nc3c(-c4[c-]c(-c5cc(-c6ccccc6)ccn5)cc(-c5ccccc5)c4)cccc32)c1.[Pt]. The van der Waals surface area contributed by atoms with Crippen molar-refractivity contribution >= 4 is 11.0 Å². The molecule has 9 aromatic rings. The van der Waals surface area contributed by atoms with E-state index in [2.05, 4.69) is 114 Å². The van der Waals surface area contributed by atoms with Gasteiger partial charge in [-0.3, -0.25) is 9.55 Å². The van der Waals surface area contributed by atoms with Crippen LogP contribution in [-0.2, 0) is 21.1 Å². The molecule has 0 saturated heterocycles. The monoisotopic (exact) mass is 932 g/mol. The molecule has 0 atom stereocenters. The molecule has 0 radical (unpaired) electrons. The summed E-state index contributed by atoms with van der Waals surface area (Å²) in [5.74, 6) is -0.0751. The van der Waals surface area contributed by atoms with Crippen molar-refractivity contribution in [3.8, 4) is 78.6 Å². The first kappa shape index (κ1) is 37.2. The predicted molar refractivity (Wildman–Crippen MR) is 236 cm³/mol. The van der Waals surface area contributed by atoms with E-state index in [4.69, 9.17) is 11.3 Å². The average molecular weight is 933 g/mol. The van der Waals surface area contributed by atoms with Gasteiger partial charge in [0.2, 0.25) is 0 Å². The van der Waals surface area contributed by atoms with Gasteiger partial charge in [-0.25, -0.2) is 4.98 Å². The number of imidazole rings is 1. The third kappa shape index (κ3) is 7.44. The second kappa shape index (κ2) is 16.3. The first-order valence-electron chi connectivity index (χ1n) is 19.8. The van der Waals surface area contributed by atoms with Crippen LogP contribution in [0.25, 0.3) is 83.9 Å². The fourth-order valence-corrected chi connectivity index (χ4v) is 7.75. The van der Waals surface area contributed by atoms with Crippen molar-refractivity contribution in [3.63, 3.8) is 0 Å². The maximum absolute atomic E-state index is 11.7. The van der Waals surface area contributed by atoms with E-state index in [1.807, 2.05) is 94.6 Å². The minimum Gasteiger partial charge on any atom is -0.507 e. The number of phenols is 1. The van der Waals surface area contributed by atoms with E-state index in [-0.39, 0.29) is 26.8 Å². The first-order chi connectivity index (χ1) is 28.1. The van der Waals surface area contributed by atoms with Crippen LogP contribution in [0.1, 0.15) is 37.8 Å². The van der Waals surface area contributed by atoms with E-state index < -0.39 is 5.89 Å². The molecule has 0 aliphatic carbocycles. The van der Waals surface area contributed by atoms with Crippen molar-refractivity contribution < 1.29 is 27.5 Å². The van der Waals surface area contributed by atoms with Gasteiger partial charge in [-0.15, -0.1) is 23.8 Å². The molecule has 0 aliphatic rings. The van der Waals surface area contributed by atoms with E-state index in [0.29, 0.717) is 11.4 Å².